The minimum Gasteiger partial charge on any atom is -0.383 e. The second-order valence-corrected chi connectivity index (χ2v) is 4.98. The van der Waals surface area contributed by atoms with Crippen molar-refractivity contribution in [3.8, 4) is 0 Å². The maximum absolute atomic E-state index is 11.7. The van der Waals surface area contributed by atoms with Gasteiger partial charge in [0.1, 0.15) is 5.82 Å². The van der Waals surface area contributed by atoms with Gasteiger partial charge in [-0.15, -0.1) is 0 Å². The van der Waals surface area contributed by atoms with E-state index in [4.69, 9.17) is 15.2 Å². The van der Waals surface area contributed by atoms with E-state index in [1.807, 2.05) is 27.7 Å². The number of nitrogens with two attached hydrogens (primary N) is 1. The Morgan fingerprint density at radius 1 is 1.32 bits per heavy atom. The van der Waals surface area contributed by atoms with Crippen molar-refractivity contribution in [3.05, 3.63) is 22.7 Å². The van der Waals surface area contributed by atoms with Gasteiger partial charge in [0.25, 0.3) is 0 Å². The molecule has 0 aromatic carbocycles. The summed E-state index contributed by atoms with van der Waals surface area (Å²) < 4.78 is 12.8. The minimum absolute atomic E-state index is 0.0678. The molecule has 1 aromatic rings. The summed E-state index contributed by atoms with van der Waals surface area (Å²) in [6, 6.07) is 1.59. The van der Waals surface area contributed by atoms with Crippen LogP contribution in [0.2, 0.25) is 0 Å². The largest absolute Gasteiger partial charge is 0.383 e. The highest BCUT2D eigenvalue weighted by molar-refractivity contribution is 5.23. The molecule has 0 aliphatic heterocycles. The summed E-state index contributed by atoms with van der Waals surface area (Å²) >= 11 is 0. The van der Waals surface area contributed by atoms with Crippen molar-refractivity contribution in [2.45, 2.75) is 52.6 Å². The Labute approximate surface area is 113 Å². The lowest BCUT2D eigenvalue weighted by molar-refractivity contribution is -0.0652. The number of rotatable bonds is 7. The molecular formula is C13H23N3O3. The molecule has 1 rings (SSSR count). The standard InChI is InChI=1S/C13H23N3O3/c1-9(2)18-8-11(19-10(3)4)7-16-6-5-12(14)15-13(16)17/h5-6,9-11H,7-8H2,1-4H3,(H2,14,15,17). The van der Waals surface area contributed by atoms with Gasteiger partial charge in [-0.2, -0.15) is 4.98 Å². The molecule has 1 atom stereocenters. The molecule has 108 valence electrons. The van der Waals surface area contributed by atoms with E-state index in [9.17, 15) is 4.79 Å². The van der Waals surface area contributed by atoms with Crippen LogP contribution in [-0.4, -0.2) is 34.5 Å². The first-order valence-corrected chi connectivity index (χ1v) is 6.48. The van der Waals surface area contributed by atoms with Crippen molar-refractivity contribution in [1.82, 2.24) is 9.55 Å². The quantitative estimate of drug-likeness (QED) is 0.800. The van der Waals surface area contributed by atoms with Crippen LogP contribution in [0.5, 0.6) is 0 Å². The number of ether oxygens (including phenoxy) is 2. The van der Waals surface area contributed by atoms with Gasteiger partial charge in [-0.3, -0.25) is 4.57 Å². The smallest absolute Gasteiger partial charge is 0.349 e. The van der Waals surface area contributed by atoms with E-state index in [0.717, 1.165) is 0 Å². The van der Waals surface area contributed by atoms with E-state index in [1.54, 1.807) is 12.3 Å². The molecule has 2 N–H and O–H groups in total. The first-order chi connectivity index (χ1) is 8.88. The van der Waals surface area contributed by atoms with Crippen molar-refractivity contribution in [1.29, 1.82) is 0 Å². The topological polar surface area (TPSA) is 79.4 Å². The molecule has 0 saturated carbocycles. The highest BCUT2D eigenvalue weighted by Gasteiger charge is 2.14. The van der Waals surface area contributed by atoms with Crippen molar-refractivity contribution < 1.29 is 9.47 Å². The summed E-state index contributed by atoms with van der Waals surface area (Å²) in [5, 5.41) is 0. The number of nitrogens with zero attached hydrogens (tertiary/aromatic N) is 2. The van der Waals surface area contributed by atoms with Crippen LogP contribution in [0.1, 0.15) is 27.7 Å². The number of hydrogen-bond acceptors (Lipinski definition) is 5. The summed E-state index contributed by atoms with van der Waals surface area (Å²) in [6.07, 6.45) is 1.62. The second kappa shape index (κ2) is 7.25. The zero-order valence-corrected chi connectivity index (χ0v) is 12.0. The maximum Gasteiger partial charge on any atom is 0.349 e. The Kier molecular flexibility index (Phi) is 5.98. The maximum atomic E-state index is 11.7. The minimum atomic E-state index is -0.373. The molecule has 1 heterocycles. The molecule has 19 heavy (non-hydrogen) atoms. The molecule has 0 aliphatic carbocycles. The third kappa shape index (κ3) is 5.85. The lowest BCUT2D eigenvalue weighted by atomic mass is 10.3. The van der Waals surface area contributed by atoms with E-state index >= 15 is 0 Å². The van der Waals surface area contributed by atoms with Crippen molar-refractivity contribution in [3.63, 3.8) is 0 Å². The predicted octanol–water partition coefficient (Wildman–Crippen LogP) is 1.04. The van der Waals surface area contributed by atoms with E-state index in [1.165, 1.54) is 4.57 Å². The van der Waals surface area contributed by atoms with E-state index in [2.05, 4.69) is 4.98 Å². The van der Waals surface area contributed by atoms with Gasteiger partial charge >= 0.3 is 5.69 Å². The Morgan fingerprint density at radius 3 is 2.53 bits per heavy atom. The summed E-state index contributed by atoms with van der Waals surface area (Å²) in [4.78, 5) is 15.4. The van der Waals surface area contributed by atoms with Gasteiger partial charge in [-0.1, -0.05) is 0 Å². The summed E-state index contributed by atoms with van der Waals surface area (Å²) in [7, 11) is 0. The van der Waals surface area contributed by atoms with Crippen LogP contribution >= 0.6 is 0 Å². The normalized spacial score (nSPS) is 13.2. The van der Waals surface area contributed by atoms with Crippen molar-refractivity contribution in [2.75, 3.05) is 12.3 Å². The number of anilines is 1. The molecule has 6 nitrogen and oxygen atoms in total. The SMILES string of the molecule is CC(C)OCC(Cn1ccc(N)nc1=O)OC(C)C. The fourth-order valence-electron chi connectivity index (χ4n) is 1.62. The molecule has 0 spiro atoms. The van der Waals surface area contributed by atoms with Gasteiger partial charge < -0.3 is 15.2 Å². The molecule has 6 heteroatoms. The van der Waals surface area contributed by atoms with Crippen molar-refractivity contribution in [2.24, 2.45) is 0 Å². The molecule has 0 radical (unpaired) electrons. The molecule has 0 amide bonds. The molecular weight excluding hydrogens is 246 g/mol. The van der Waals surface area contributed by atoms with Gasteiger partial charge in [0.2, 0.25) is 0 Å². The van der Waals surface area contributed by atoms with Crippen LogP contribution in [0.25, 0.3) is 0 Å². The van der Waals surface area contributed by atoms with Crippen LogP contribution in [0.4, 0.5) is 5.82 Å². The average molecular weight is 269 g/mol. The Morgan fingerprint density at radius 2 is 2.00 bits per heavy atom. The monoisotopic (exact) mass is 269 g/mol. The Balaban J connectivity index is 2.72. The van der Waals surface area contributed by atoms with Gasteiger partial charge in [-0.25, -0.2) is 4.79 Å². The molecule has 0 aliphatic rings. The van der Waals surface area contributed by atoms with Crippen LogP contribution in [-0.2, 0) is 16.0 Å². The van der Waals surface area contributed by atoms with E-state index < -0.39 is 0 Å². The fourth-order valence-corrected chi connectivity index (χ4v) is 1.62. The number of hydrogen-bond donors (Lipinski definition) is 1. The molecule has 0 fully saturated rings. The van der Waals surface area contributed by atoms with Gasteiger partial charge in [0.05, 0.1) is 31.5 Å². The number of nitrogen functional groups attached to an aromatic ring is 1. The third-order valence-electron chi connectivity index (χ3n) is 2.38. The zero-order chi connectivity index (χ0) is 14.4. The van der Waals surface area contributed by atoms with Gasteiger partial charge in [-0.05, 0) is 33.8 Å². The van der Waals surface area contributed by atoms with Gasteiger partial charge in [0, 0.05) is 6.20 Å². The third-order valence-corrected chi connectivity index (χ3v) is 2.38. The summed E-state index contributed by atoms with van der Waals surface area (Å²) in [5.74, 6) is 0.223. The Hall–Kier alpha value is -1.40. The molecule has 1 unspecified atom stereocenters. The zero-order valence-electron chi connectivity index (χ0n) is 12.0. The predicted molar refractivity (Wildman–Crippen MR) is 74.0 cm³/mol. The lowest BCUT2D eigenvalue weighted by Gasteiger charge is -2.22. The van der Waals surface area contributed by atoms with Crippen LogP contribution < -0.4 is 11.4 Å². The first kappa shape index (κ1) is 15.7. The first-order valence-electron chi connectivity index (χ1n) is 6.48. The highest BCUT2D eigenvalue weighted by atomic mass is 16.5. The average Bonchev–Trinajstić information content (AvgIpc) is 2.28. The van der Waals surface area contributed by atoms with Crippen LogP contribution in [0, 0.1) is 0 Å². The fraction of sp³-hybridized carbons (Fsp3) is 0.692. The summed E-state index contributed by atoms with van der Waals surface area (Å²) in [6.45, 7) is 8.66. The van der Waals surface area contributed by atoms with Crippen molar-refractivity contribution >= 4 is 5.82 Å². The molecule has 0 saturated heterocycles. The van der Waals surface area contributed by atoms with Gasteiger partial charge in [0.15, 0.2) is 0 Å². The van der Waals surface area contributed by atoms with Crippen LogP contribution in [0.3, 0.4) is 0 Å². The second-order valence-electron chi connectivity index (χ2n) is 4.98. The van der Waals surface area contributed by atoms with E-state index in [-0.39, 0.29) is 29.8 Å². The lowest BCUT2D eigenvalue weighted by Crippen LogP contribution is -2.34. The molecule has 1 aromatic heterocycles. The van der Waals surface area contributed by atoms with E-state index in [0.29, 0.717) is 13.2 Å². The molecule has 0 bridgehead atoms. The van der Waals surface area contributed by atoms with Crippen LogP contribution in [0.15, 0.2) is 17.1 Å². The number of aromatic nitrogens is 2. The Bertz CT molecular complexity index is 443. The summed E-state index contributed by atoms with van der Waals surface area (Å²) in [5.41, 5.74) is 5.08. The highest BCUT2D eigenvalue weighted by Crippen LogP contribution is 2.04.